The Hall–Kier alpha value is -4.58. The summed E-state index contributed by atoms with van der Waals surface area (Å²) in [5, 5.41) is 35.3. The zero-order chi connectivity index (χ0) is 22.1. The quantitative estimate of drug-likeness (QED) is 0.246. The predicted molar refractivity (Wildman–Crippen MR) is 114 cm³/mol. The first kappa shape index (κ1) is 19.7. The Morgan fingerprint density at radius 1 is 1.29 bits per heavy atom. The summed E-state index contributed by atoms with van der Waals surface area (Å²) in [4.78, 5) is 21.9. The molecule has 3 heterocycles. The number of nitro benzene ring substituents is 1. The van der Waals surface area contributed by atoms with Gasteiger partial charge >= 0.3 is 0 Å². The summed E-state index contributed by atoms with van der Waals surface area (Å²) >= 11 is 0. The molecule has 0 aliphatic carbocycles. The van der Waals surface area contributed by atoms with Crippen molar-refractivity contribution in [1.82, 2.24) is 10.3 Å². The van der Waals surface area contributed by atoms with Crippen molar-refractivity contribution < 1.29 is 4.92 Å². The van der Waals surface area contributed by atoms with E-state index in [1.165, 1.54) is 12.1 Å². The Balaban J connectivity index is 1.99. The molecule has 0 saturated carbocycles. The van der Waals surface area contributed by atoms with Gasteiger partial charge in [0.05, 0.1) is 10.6 Å². The summed E-state index contributed by atoms with van der Waals surface area (Å²) in [6.45, 7) is 1.60. The van der Waals surface area contributed by atoms with Crippen molar-refractivity contribution in [3.8, 4) is 12.3 Å². The second kappa shape index (κ2) is 7.68. The average Bonchev–Trinajstić information content (AvgIpc) is 3.27. The maximum atomic E-state index is 11.5. The number of guanidine groups is 1. The first-order valence-corrected chi connectivity index (χ1v) is 9.46. The second-order valence-electron chi connectivity index (χ2n) is 7.10. The topological polar surface area (TPSA) is 195 Å². The molecule has 31 heavy (non-hydrogen) atoms. The monoisotopic (exact) mass is 418 g/mol. The highest BCUT2D eigenvalue weighted by Gasteiger charge is 2.33. The average molecular weight is 418 g/mol. The molecule has 12 heteroatoms. The molecule has 1 aromatic heterocycles. The van der Waals surface area contributed by atoms with Gasteiger partial charge in [-0.1, -0.05) is 0 Å². The van der Waals surface area contributed by atoms with E-state index in [0.29, 0.717) is 11.1 Å². The number of nitrogens with zero attached hydrogens (tertiary/aromatic N) is 6. The number of nitriles is 2. The normalized spacial score (nSPS) is 17.0. The summed E-state index contributed by atoms with van der Waals surface area (Å²) in [6.07, 6.45) is 3.79. The maximum absolute atomic E-state index is 11.5. The van der Waals surface area contributed by atoms with Gasteiger partial charge in [-0.3, -0.25) is 15.4 Å². The Kier molecular flexibility index (Phi) is 4.89. The van der Waals surface area contributed by atoms with Crippen molar-refractivity contribution in [1.29, 1.82) is 10.5 Å². The van der Waals surface area contributed by atoms with Gasteiger partial charge in [0.2, 0.25) is 5.96 Å². The fraction of sp³-hybridized carbons (Fsp3) is 0.263. The first-order chi connectivity index (χ1) is 14.9. The number of rotatable bonds is 3. The third-order valence-corrected chi connectivity index (χ3v) is 5.32. The number of aromatic nitrogens is 1. The number of non-ortho nitro benzene ring substituents is 1. The Bertz CT molecular complexity index is 1190. The molecule has 2 aliphatic heterocycles. The van der Waals surface area contributed by atoms with Gasteiger partial charge in [-0.25, -0.2) is 9.98 Å². The third kappa shape index (κ3) is 3.36. The van der Waals surface area contributed by atoms with Crippen molar-refractivity contribution >= 4 is 34.7 Å². The van der Waals surface area contributed by atoms with Crippen molar-refractivity contribution in [2.75, 3.05) is 34.8 Å². The lowest BCUT2D eigenvalue weighted by Gasteiger charge is -2.29. The van der Waals surface area contributed by atoms with E-state index in [1.807, 2.05) is 6.07 Å². The van der Waals surface area contributed by atoms with E-state index >= 15 is 0 Å². The van der Waals surface area contributed by atoms with E-state index in [9.17, 15) is 15.4 Å². The van der Waals surface area contributed by atoms with E-state index in [4.69, 9.17) is 16.7 Å². The van der Waals surface area contributed by atoms with Gasteiger partial charge in [-0.15, -0.1) is 0 Å². The van der Waals surface area contributed by atoms with E-state index < -0.39 is 11.0 Å². The van der Waals surface area contributed by atoms with Gasteiger partial charge in [-0.05, 0) is 18.9 Å². The van der Waals surface area contributed by atoms with Gasteiger partial charge in [-0.2, -0.15) is 10.5 Å². The molecule has 2 aliphatic rings. The lowest BCUT2D eigenvalue weighted by molar-refractivity contribution is -0.384. The number of nitrogen functional groups attached to an aromatic ring is 2. The smallest absolute Gasteiger partial charge is 0.269 e. The van der Waals surface area contributed by atoms with Crippen LogP contribution in [-0.2, 0) is 0 Å². The van der Waals surface area contributed by atoms with Gasteiger partial charge in [0.1, 0.15) is 29.3 Å². The van der Waals surface area contributed by atoms with E-state index in [2.05, 4.69) is 25.5 Å². The van der Waals surface area contributed by atoms with Crippen LogP contribution in [0.25, 0.3) is 0 Å². The molecule has 1 saturated heterocycles. The lowest BCUT2D eigenvalue weighted by Crippen LogP contribution is -2.33. The minimum absolute atomic E-state index is 0.00518. The standard InChI is InChI=1S/C19H18N10O2/c20-8-12-15(22)14-16(25-19(24-9-21)27-18(14)26-17(12)23)11-7-10(29(30)31)3-4-13(11)28-5-1-2-6-28/h3-4,7,16H,1-2,5-6H2,(H6,22,23,24,25,26,27). The van der Waals surface area contributed by atoms with Crippen LogP contribution in [0.15, 0.2) is 23.2 Å². The lowest BCUT2D eigenvalue weighted by atomic mass is 9.93. The second-order valence-corrected chi connectivity index (χ2v) is 7.10. The van der Waals surface area contributed by atoms with Crippen LogP contribution >= 0.6 is 0 Å². The van der Waals surface area contributed by atoms with E-state index in [1.54, 1.807) is 12.3 Å². The highest BCUT2D eigenvalue weighted by molar-refractivity contribution is 5.98. The highest BCUT2D eigenvalue weighted by Crippen LogP contribution is 2.44. The Labute approximate surface area is 176 Å². The van der Waals surface area contributed by atoms with Gasteiger partial charge in [0, 0.05) is 42.0 Å². The highest BCUT2D eigenvalue weighted by atomic mass is 16.6. The molecule has 1 aromatic carbocycles. The number of hydrogen-bond donors (Lipinski definition) is 4. The zero-order valence-electron chi connectivity index (χ0n) is 16.3. The van der Waals surface area contributed by atoms with Crippen LogP contribution in [0.5, 0.6) is 0 Å². The molecule has 1 fully saturated rings. The van der Waals surface area contributed by atoms with Crippen LogP contribution < -0.4 is 27.0 Å². The molecule has 156 valence electrons. The summed E-state index contributed by atoms with van der Waals surface area (Å²) in [5.74, 6) is 0.252. The number of nitrogens with one attached hydrogen (secondary N) is 2. The Morgan fingerprint density at radius 2 is 2.03 bits per heavy atom. The minimum atomic E-state index is -0.845. The minimum Gasteiger partial charge on any atom is -0.397 e. The molecule has 4 rings (SSSR count). The largest absolute Gasteiger partial charge is 0.397 e. The van der Waals surface area contributed by atoms with E-state index in [-0.39, 0.29) is 34.5 Å². The molecule has 12 nitrogen and oxygen atoms in total. The molecule has 0 amide bonds. The number of nitrogens with two attached hydrogens (primary N) is 2. The number of benzene rings is 1. The number of pyridine rings is 1. The summed E-state index contributed by atoms with van der Waals surface area (Å²) in [5.41, 5.74) is 13.8. The summed E-state index contributed by atoms with van der Waals surface area (Å²) in [7, 11) is 0. The Morgan fingerprint density at radius 3 is 2.68 bits per heavy atom. The molecule has 0 spiro atoms. The summed E-state index contributed by atoms with van der Waals surface area (Å²) < 4.78 is 0. The van der Waals surface area contributed by atoms with Crippen LogP contribution in [0.4, 0.5) is 28.7 Å². The number of anilines is 4. The summed E-state index contributed by atoms with van der Waals surface area (Å²) in [6, 6.07) is 5.69. The van der Waals surface area contributed by atoms with Gasteiger partial charge < -0.3 is 21.7 Å². The predicted octanol–water partition coefficient (Wildman–Crippen LogP) is 1.57. The molecule has 0 radical (unpaired) electrons. The number of hydrogen-bond acceptors (Lipinski definition) is 11. The molecule has 1 unspecified atom stereocenters. The SMILES string of the molecule is N#CNC1=NC(c2cc([N+](=O)[O-])ccc2N2CCCC2)c2c(nc(N)c(C#N)c2N)N1. The molecule has 6 N–H and O–H groups in total. The maximum Gasteiger partial charge on any atom is 0.269 e. The molecule has 0 bridgehead atoms. The number of fused-ring (bicyclic) bond motifs is 1. The fourth-order valence-corrected chi connectivity index (χ4v) is 3.93. The van der Waals surface area contributed by atoms with Gasteiger partial charge in [0.15, 0.2) is 6.19 Å². The van der Waals surface area contributed by atoms with Crippen LogP contribution in [0.3, 0.4) is 0 Å². The van der Waals surface area contributed by atoms with Crippen LogP contribution in [0.1, 0.15) is 35.6 Å². The molecular formula is C19H18N10O2. The van der Waals surface area contributed by atoms with Gasteiger partial charge in [0.25, 0.3) is 5.69 Å². The number of nitro groups is 1. The molecular weight excluding hydrogens is 400 g/mol. The first-order valence-electron chi connectivity index (χ1n) is 9.46. The number of aliphatic imine (C=N–C) groups is 1. The van der Waals surface area contributed by atoms with Crippen LogP contribution in [0.2, 0.25) is 0 Å². The van der Waals surface area contributed by atoms with Crippen molar-refractivity contribution in [2.24, 2.45) is 4.99 Å². The van der Waals surface area contributed by atoms with Crippen molar-refractivity contribution in [3.05, 3.63) is 45.0 Å². The van der Waals surface area contributed by atoms with Crippen molar-refractivity contribution in [2.45, 2.75) is 18.9 Å². The van der Waals surface area contributed by atoms with E-state index in [0.717, 1.165) is 31.6 Å². The third-order valence-electron chi connectivity index (χ3n) is 5.32. The zero-order valence-corrected chi connectivity index (χ0v) is 16.3. The fourth-order valence-electron chi connectivity index (χ4n) is 3.93. The molecule has 1 atom stereocenters. The van der Waals surface area contributed by atoms with Crippen LogP contribution in [-0.4, -0.2) is 29.0 Å². The van der Waals surface area contributed by atoms with Crippen LogP contribution in [0, 0.1) is 32.9 Å². The molecule has 2 aromatic rings. The van der Waals surface area contributed by atoms with Crippen molar-refractivity contribution in [3.63, 3.8) is 0 Å².